The van der Waals surface area contributed by atoms with E-state index < -0.39 is 0 Å². The summed E-state index contributed by atoms with van der Waals surface area (Å²) in [6, 6.07) is 0. The van der Waals surface area contributed by atoms with Crippen LogP contribution < -0.4 is 0 Å². The van der Waals surface area contributed by atoms with E-state index in [1.54, 1.807) is 0 Å². The summed E-state index contributed by atoms with van der Waals surface area (Å²) < 4.78 is 0. The minimum Gasteiger partial charge on any atom is -0.390 e. The number of rotatable bonds is 6. The van der Waals surface area contributed by atoms with E-state index >= 15 is 0 Å². The first-order chi connectivity index (χ1) is 15.4. The molecule has 9 atom stereocenters. The van der Waals surface area contributed by atoms with Crippen LogP contribution in [0, 0.1) is 46.8 Å². The van der Waals surface area contributed by atoms with Gasteiger partial charge in [0.2, 0.25) is 0 Å². The fourth-order valence-electron chi connectivity index (χ4n) is 9.51. The molecule has 5 heteroatoms. The molecule has 4 aliphatic rings. The van der Waals surface area contributed by atoms with Crippen LogP contribution in [0.15, 0.2) is 0 Å². The molecule has 0 radical (unpaired) electrons. The number of aliphatic hydroxyl groups is 1. The second kappa shape index (κ2) is 8.67. The average Bonchev–Trinajstić information content (AvgIpc) is 3.36. The van der Waals surface area contributed by atoms with E-state index in [1.165, 1.54) is 44.9 Å². The van der Waals surface area contributed by atoms with Gasteiger partial charge in [-0.3, -0.25) is 0 Å². The van der Waals surface area contributed by atoms with Crippen molar-refractivity contribution in [1.29, 1.82) is 0 Å². The topological polar surface area (TPSA) is 63.8 Å². The Balaban J connectivity index is 1.27. The van der Waals surface area contributed by atoms with E-state index in [0.717, 1.165) is 80.0 Å². The minimum absolute atomic E-state index is 0.354. The molecule has 0 spiro atoms. The van der Waals surface area contributed by atoms with E-state index in [2.05, 4.69) is 43.1 Å². The van der Waals surface area contributed by atoms with Gasteiger partial charge in [0.15, 0.2) is 5.82 Å². The summed E-state index contributed by atoms with van der Waals surface area (Å²) in [5.41, 5.74) is 0.131. The van der Waals surface area contributed by atoms with E-state index in [1.807, 2.05) is 4.80 Å². The number of fused-ring (bicyclic) bond motifs is 5. The lowest BCUT2D eigenvalue weighted by molar-refractivity contribution is -0.110. The molecule has 0 bridgehead atoms. The Morgan fingerprint density at radius 3 is 2.59 bits per heavy atom. The third-order valence-electron chi connectivity index (χ3n) is 10.8. The molecule has 0 saturated heterocycles. The standard InChI is InChI=1S/C27H46N4O/c1-5-13-27(32)15-12-20-19(16-27)7-8-22-21(20)11-14-26(4)23(9-10-24(22)26)18(3)17-31-29-25(6-2)28-30-31/h18-24,32H,5-17H2,1-4H3/t18?,19-,20+,21-,22-,23-,24+,26-,27-/m1/s1. The summed E-state index contributed by atoms with van der Waals surface area (Å²) in [6.07, 6.45) is 14.8. The summed E-state index contributed by atoms with van der Waals surface area (Å²) in [7, 11) is 0. The van der Waals surface area contributed by atoms with Crippen molar-refractivity contribution < 1.29 is 5.11 Å². The highest BCUT2D eigenvalue weighted by Crippen LogP contribution is 2.65. The maximum atomic E-state index is 11.1. The molecule has 5 rings (SSSR count). The molecule has 1 N–H and O–H groups in total. The first-order valence-electron chi connectivity index (χ1n) is 13.9. The van der Waals surface area contributed by atoms with Gasteiger partial charge in [-0.1, -0.05) is 34.1 Å². The van der Waals surface area contributed by atoms with Gasteiger partial charge in [-0.15, -0.1) is 10.2 Å². The summed E-state index contributed by atoms with van der Waals surface area (Å²) in [4.78, 5) is 1.86. The van der Waals surface area contributed by atoms with Gasteiger partial charge < -0.3 is 5.11 Å². The molecule has 0 aliphatic heterocycles. The highest BCUT2D eigenvalue weighted by molar-refractivity contribution is 5.07. The quantitative estimate of drug-likeness (QED) is 0.616. The van der Waals surface area contributed by atoms with Crippen molar-refractivity contribution in [3.63, 3.8) is 0 Å². The molecular formula is C27H46N4O. The lowest BCUT2D eigenvalue weighted by Gasteiger charge is -2.57. The molecule has 0 amide bonds. The molecule has 0 aromatic carbocycles. The van der Waals surface area contributed by atoms with Crippen LogP contribution in [0.4, 0.5) is 0 Å². The third kappa shape index (κ3) is 3.84. The summed E-state index contributed by atoms with van der Waals surface area (Å²) >= 11 is 0. The predicted molar refractivity (Wildman–Crippen MR) is 127 cm³/mol. The second-order valence-corrected chi connectivity index (χ2v) is 12.5. The maximum absolute atomic E-state index is 11.1. The zero-order chi connectivity index (χ0) is 22.5. The van der Waals surface area contributed by atoms with Gasteiger partial charge in [0, 0.05) is 6.42 Å². The van der Waals surface area contributed by atoms with Crippen LogP contribution in [-0.2, 0) is 13.0 Å². The van der Waals surface area contributed by atoms with Crippen molar-refractivity contribution in [2.75, 3.05) is 0 Å². The van der Waals surface area contributed by atoms with Crippen LogP contribution in [-0.4, -0.2) is 30.9 Å². The number of aromatic nitrogens is 4. The van der Waals surface area contributed by atoms with Gasteiger partial charge in [0.25, 0.3) is 0 Å². The molecule has 32 heavy (non-hydrogen) atoms. The van der Waals surface area contributed by atoms with Crippen LogP contribution in [0.1, 0.15) is 104 Å². The second-order valence-electron chi connectivity index (χ2n) is 12.5. The SMILES string of the molecule is CCC[C@@]1(O)CC[C@H]2[C@H](CC[C@@H]3[C@@H]2CC[C@]2(C)[C@@H](C(C)Cn4nnc(CC)n4)CC[C@@H]32)C1. The van der Waals surface area contributed by atoms with Gasteiger partial charge in [0.1, 0.15) is 0 Å². The van der Waals surface area contributed by atoms with Gasteiger partial charge in [-0.25, -0.2) is 0 Å². The number of hydrogen-bond acceptors (Lipinski definition) is 4. The fourth-order valence-corrected chi connectivity index (χ4v) is 9.51. The first kappa shape index (κ1) is 22.8. The molecule has 1 aromatic heterocycles. The predicted octanol–water partition coefficient (Wildman–Crippen LogP) is 5.67. The number of hydrogen-bond donors (Lipinski definition) is 1. The lowest BCUT2D eigenvalue weighted by Crippen LogP contribution is -2.51. The lowest BCUT2D eigenvalue weighted by atomic mass is 9.48. The first-order valence-corrected chi connectivity index (χ1v) is 13.9. The van der Waals surface area contributed by atoms with Crippen molar-refractivity contribution in [3.05, 3.63) is 5.82 Å². The Morgan fingerprint density at radius 2 is 1.84 bits per heavy atom. The average molecular weight is 443 g/mol. The molecule has 1 unspecified atom stereocenters. The van der Waals surface area contributed by atoms with Crippen molar-refractivity contribution in [2.24, 2.45) is 46.8 Å². The van der Waals surface area contributed by atoms with Crippen molar-refractivity contribution in [2.45, 2.75) is 117 Å². The van der Waals surface area contributed by atoms with Gasteiger partial charge >= 0.3 is 0 Å². The van der Waals surface area contributed by atoms with Gasteiger partial charge in [0.05, 0.1) is 12.1 Å². The van der Waals surface area contributed by atoms with E-state index in [4.69, 9.17) is 0 Å². The van der Waals surface area contributed by atoms with Crippen molar-refractivity contribution in [3.8, 4) is 0 Å². The number of aryl methyl sites for hydroxylation is 1. The summed E-state index contributed by atoms with van der Waals surface area (Å²) in [5, 5.41) is 24.2. The minimum atomic E-state index is -0.354. The van der Waals surface area contributed by atoms with Crippen molar-refractivity contribution in [1.82, 2.24) is 20.2 Å². The summed E-state index contributed by atoms with van der Waals surface area (Å²) in [6.45, 7) is 10.3. The molecule has 4 saturated carbocycles. The number of tetrazole rings is 1. The van der Waals surface area contributed by atoms with Crippen LogP contribution in [0.5, 0.6) is 0 Å². The monoisotopic (exact) mass is 442 g/mol. The third-order valence-corrected chi connectivity index (χ3v) is 10.8. The summed E-state index contributed by atoms with van der Waals surface area (Å²) in [5.74, 6) is 6.69. The Bertz CT molecular complexity index is 794. The maximum Gasteiger partial charge on any atom is 0.174 e. The molecule has 1 aromatic rings. The number of nitrogens with zero attached hydrogens (tertiary/aromatic N) is 4. The molecule has 5 nitrogen and oxygen atoms in total. The molecule has 1 heterocycles. The highest BCUT2D eigenvalue weighted by Gasteiger charge is 2.58. The Labute approximate surface area is 195 Å². The fraction of sp³-hybridized carbons (Fsp3) is 0.963. The Morgan fingerprint density at radius 1 is 1.03 bits per heavy atom. The largest absolute Gasteiger partial charge is 0.390 e. The smallest absolute Gasteiger partial charge is 0.174 e. The van der Waals surface area contributed by atoms with Crippen molar-refractivity contribution >= 4 is 0 Å². The molecule has 180 valence electrons. The van der Waals surface area contributed by atoms with Gasteiger partial charge in [-0.2, -0.15) is 4.80 Å². The van der Waals surface area contributed by atoms with Crippen LogP contribution in [0.25, 0.3) is 0 Å². The Hall–Kier alpha value is -0.970. The molecule has 4 fully saturated rings. The van der Waals surface area contributed by atoms with Crippen LogP contribution in [0.3, 0.4) is 0 Å². The van der Waals surface area contributed by atoms with E-state index in [0.29, 0.717) is 11.3 Å². The molecular weight excluding hydrogens is 396 g/mol. The zero-order valence-electron chi connectivity index (χ0n) is 21.0. The Kier molecular flexibility index (Phi) is 6.18. The highest BCUT2D eigenvalue weighted by atomic mass is 16.3. The molecule has 4 aliphatic carbocycles. The van der Waals surface area contributed by atoms with Crippen LogP contribution >= 0.6 is 0 Å². The van der Waals surface area contributed by atoms with E-state index in [-0.39, 0.29) is 5.60 Å². The van der Waals surface area contributed by atoms with E-state index in [9.17, 15) is 5.11 Å². The van der Waals surface area contributed by atoms with Crippen LogP contribution in [0.2, 0.25) is 0 Å². The van der Waals surface area contributed by atoms with Gasteiger partial charge in [-0.05, 0) is 116 Å². The zero-order valence-corrected chi connectivity index (χ0v) is 21.0. The normalized spacial score (nSPS) is 44.5.